The number of nitrogens with zero attached hydrogens (tertiary/aromatic N) is 1. The second-order valence-corrected chi connectivity index (χ2v) is 4.57. The van der Waals surface area contributed by atoms with Gasteiger partial charge in [-0.05, 0) is 17.7 Å². The van der Waals surface area contributed by atoms with E-state index in [1.807, 2.05) is 30.3 Å². The minimum Gasteiger partial charge on any atom is -0.397 e. The van der Waals surface area contributed by atoms with Crippen molar-refractivity contribution in [1.29, 1.82) is 0 Å². The van der Waals surface area contributed by atoms with E-state index in [1.54, 1.807) is 17.5 Å². The molecule has 2 nitrogen and oxygen atoms in total. The smallest absolute Gasteiger partial charge is 0.125 e. The van der Waals surface area contributed by atoms with Crippen molar-refractivity contribution in [2.45, 2.75) is 0 Å². The molecule has 3 heteroatoms. The van der Waals surface area contributed by atoms with Crippen LogP contribution in [-0.2, 0) is 0 Å². The number of fused-ring (bicyclic) bond motifs is 1. The van der Waals surface area contributed by atoms with Gasteiger partial charge in [0.1, 0.15) is 4.83 Å². The standard InChI is InChI=1S/C13H10N2S/c14-11-10-7-4-8-15-13(10)16-12(11)9-5-2-1-3-6-9/h1-8H,14H2. The summed E-state index contributed by atoms with van der Waals surface area (Å²) in [6.07, 6.45) is 1.80. The van der Waals surface area contributed by atoms with Crippen LogP contribution in [0.25, 0.3) is 20.7 Å². The monoisotopic (exact) mass is 226 g/mol. The Labute approximate surface area is 97.4 Å². The van der Waals surface area contributed by atoms with Crippen molar-refractivity contribution < 1.29 is 0 Å². The largest absolute Gasteiger partial charge is 0.397 e. The number of anilines is 1. The minimum atomic E-state index is 0.833. The number of nitrogen functional groups attached to an aromatic ring is 1. The first-order valence-corrected chi connectivity index (χ1v) is 5.86. The number of rotatable bonds is 1. The number of nitrogens with two attached hydrogens (primary N) is 1. The van der Waals surface area contributed by atoms with Gasteiger partial charge in [-0.1, -0.05) is 30.3 Å². The molecular weight excluding hydrogens is 216 g/mol. The normalized spacial score (nSPS) is 10.8. The molecule has 0 amide bonds. The summed E-state index contributed by atoms with van der Waals surface area (Å²) >= 11 is 1.64. The van der Waals surface area contributed by atoms with Crippen LogP contribution in [0.3, 0.4) is 0 Å². The molecule has 3 rings (SSSR count). The number of aromatic nitrogens is 1. The molecule has 0 aliphatic heterocycles. The van der Waals surface area contributed by atoms with E-state index in [0.29, 0.717) is 0 Å². The minimum absolute atomic E-state index is 0.833. The van der Waals surface area contributed by atoms with Crippen molar-refractivity contribution >= 4 is 27.2 Å². The number of hydrogen-bond acceptors (Lipinski definition) is 3. The van der Waals surface area contributed by atoms with Gasteiger partial charge in [-0.15, -0.1) is 11.3 Å². The topological polar surface area (TPSA) is 38.9 Å². The molecule has 78 valence electrons. The molecular formula is C13H10N2S. The Hall–Kier alpha value is -1.87. The van der Waals surface area contributed by atoms with E-state index >= 15 is 0 Å². The Morgan fingerprint density at radius 1 is 1.00 bits per heavy atom. The van der Waals surface area contributed by atoms with Crippen LogP contribution in [-0.4, -0.2) is 4.98 Å². The van der Waals surface area contributed by atoms with Gasteiger partial charge in [0.05, 0.1) is 10.6 Å². The summed E-state index contributed by atoms with van der Waals surface area (Å²) in [6, 6.07) is 14.1. The molecule has 0 aliphatic rings. The van der Waals surface area contributed by atoms with E-state index in [0.717, 1.165) is 26.3 Å². The summed E-state index contributed by atoms with van der Waals surface area (Å²) in [4.78, 5) is 6.43. The van der Waals surface area contributed by atoms with E-state index < -0.39 is 0 Å². The zero-order chi connectivity index (χ0) is 11.0. The van der Waals surface area contributed by atoms with Crippen molar-refractivity contribution in [3.05, 3.63) is 48.7 Å². The van der Waals surface area contributed by atoms with Crippen molar-refractivity contribution in [1.82, 2.24) is 4.98 Å². The lowest BCUT2D eigenvalue weighted by Gasteiger charge is -1.98. The summed E-state index contributed by atoms with van der Waals surface area (Å²) < 4.78 is 0. The summed E-state index contributed by atoms with van der Waals surface area (Å²) in [5.41, 5.74) is 8.13. The second kappa shape index (κ2) is 3.61. The fraction of sp³-hybridized carbons (Fsp3) is 0. The molecule has 0 unspecified atom stereocenters. The SMILES string of the molecule is Nc1c(-c2ccccc2)sc2ncccc12. The molecule has 2 aromatic heterocycles. The molecule has 16 heavy (non-hydrogen) atoms. The van der Waals surface area contributed by atoms with E-state index in [2.05, 4.69) is 17.1 Å². The lowest BCUT2D eigenvalue weighted by molar-refractivity contribution is 1.45. The summed E-state index contributed by atoms with van der Waals surface area (Å²) in [5, 5.41) is 1.05. The van der Waals surface area contributed by atoms with E-state index in [-0.39, 0.29) is 0 Å². The zero-order valence-electron chi connectivity index (χ0n) is 8.55. The molecule has 0 bridgehead atoms. The molecule has 0 aliphatic carbocycles. The number of pyridine rings is 1. The number of hydrogen-bond donors (Lipinski definition) is 1. The maximum Gasteiger partial charge on any atom is 0.125 e. The number of benzene rings is 1. The third-order valence-electron chi connectivity index (χ3n) is 2.54. The van der Waals surface area contributed by atoms with Crippen LogP contribution >= 0.6 is 11.3 Å². The van der Waals surface area contributed by atoms with Gasteiger partial charge in [-0.2, -0.15) is 0 Å². The van der Waals surface area contributed by atoms with Crippen LogP contribution in [0.15, 0.2) is 48.7 Å². The van der Waals surface area contributed by atoms with Gasteiger partial charge >= 0.3 is 0 Å². The Morgan fingerprint density at radius 3 is 2.56 bits per heavy atom. The third kappa shape index (κ3) is 1.37. The summed E-state index contributed by atoms with van der Waals surface area (Å²) in [6.45, 7) is 0. The molecule has 3 aromatic rings. The second-order valence-electron chi connectivity index (χ2n) is 3.57. The van der Waals surface area contributed by atoms with Gasteiger partial charge < -0.3 is 5.73 Å². The maximum atomic E-state index is 6.14. The highest BCUT2D eigenvalue weighted by atomic mass is 32.1. The van der Waals surface area contributed by atoms with Gasteiger partial charge in [0.25, 0.3) is 0 Å². The van der Waals surface area contributed by atoms with Crippen molar-refractivity contribution in [3.63, 3.8) is 0 Å². The van der Waals surface area contributed by atoms with E-state index in [1.165, 1.54) is 0 Å². The first-order chi connectivity index (χ1) is 7.86. The Morgan fingerprint density at radius 2 is 1.81 bits per heavy atom. The average molecular weight is 226 g/mol. The number of thiophene rings is 1. The van der Waals surface area contributed by atoms with Gasteiger partial charge in [-0.25, -0.2) is 4.98 Å². The maximum absolute atomic E-state index is 6.14. The quantitative estimate of drug-likeness (QED) is 0.689. The summed E-state index contributed by atoms with van der Waals surface area (Å²) in [7, 11) is 0. The molecule has 0 spiro atoms. The molecule has 2 heterocycles. The Bertz CT molecular complexity index is 629. The first-order valence-electron chi connectivity index (χ1n) is 5.04. The molecule has 0 saturated carbocycles. The zero-order valence-corrected chi connectivity index (χ0v) is 9.37. The van der Waals surface area contributed by atoms with Crippen LogP contribution < -0.4 is 5.73 Å². The van der Waals surface area contributed by atoms with Gasteiger partial charge in [-0.3, -0.25) is 0 Å². The van der Waals surface area contributed by atoms with Crippen LogP contribution in [0.1, 0.15) is 0 Å². The van der Waals surface area contributed by atoms with Crippen molar-refractivity contribution in [3.8, 4) is 10.4 Å². The molecule has 0 fully saturated rings. The van der Waals surface area contributed by atoms with Gasteiger partial charge in [0.2, 0.25) is 0 Å². The van der Waals surface area contributed by atoms with Gasteiger partial charge in [0.15, 0.2) is 0 Å². The molecule has 0 saturated heterocycles. The average Bonchev–Trinajstić information content (AvgIpc) is 2.69. The highest BCUT2D eigenvalue weighted by Crippen LogP contribution is 2.39. The van der Waals surface area contributed by atoms with Gasteiger partial charge in [0, 0.05) is 11.6 Å². The highest BCUT2D eigenvalue weighted by Gasteiger charge is 2.10. The van der Waals surface area contributed by atoms with Crippen molar-refractivity contribution in [2.24, 2.45) is 0 Å². The van der Waals surface area contributed by atoms with Crippen LogP contribution in [0.5, 0.6) is 0 Å². The molecule has 2 N–H and O–H groups in total. The fourth-order valence-electron chi connectivity index (χ4n) is 1.76. The Kier molecular flexibility index (Phi) is 2.11. The lowest BCUT2D eigenvalue weighted by atomic mass is 10.1. The van der Waals surface area contributed by atoms with E-state index in [4.69, 9.17) is 5.73 Å². The Balaban J connectivity index is 2.29. The highest BCUT2D eigenvalue weighted by molar-refractivity contribution is 7.22. The fourth-order valence-corrected chi connectivity index (χ4v) is 2.82. The van der Waals surface area contributed by atoms with Crippen LogP contribution in [0.2, 0.25) is 0 Å². The van der Waals surface area contributed by atoms with E-state index in [9.17, 15) is 0 Å². The van der Waals surface area contributed by atoms with Crippen LogP contribution in [0.4, 0.5) is 5.69 Å². The molecule has 1 aromatic carbocycles. The third-order valence-corrected chi connectivity index (χ3v) is 3.72. The lowest BCUT2D eigenvalue weighted by Crippen LogP contribution is -1.84. The predicted octanol–water partition coefficient (Wildman–Crippen LogP) is 3.55. The summed E-state index contributed by atoms with van der Waals surface area (Å²) in [5.74, 6) is 0. The molecule has 0 atom stereocenters. The van der Waals surface area contributed by atoms with Crippen LogP contribution in [0, 0.1) is 0 Å². The predicted molar refractivity (Wildman–Crippen MR) is 69.5 cm³/mol. The molecule has 0 radical (unpaired) electrons. The van der Waals surface area contributed by atoms with Crippen molar-refractivity contribution in [2.75, 3.05) is 5.73 Å². The first kappa shape index (κ1) is 9.36.